The molecular formula is C10H13N. The maximum Gasteiger partial charge on any atom is 0.0270 e. The second kappa shape index (κ2) is 4.67. The predicted molar refractivity (Wildman–Crippen MR) is 47.4 cm³/mol. The Hall–Kier alpha value is -1.11. The van der Waals surface area contributed by atoms with Crippen molar-refractivity contribution in [2.75, 3.05) is 0 Å². The predicted octanol–water partition coefficient (Wildman–Crippen LogP) is 2.59. The summed E-state index contributed by atoms with van der Waals surface area (Å²) < 4.78 is 0. The first-order valence-corrected chi connectivity index (χ1v) is 3.97. The van der Waals surface area contributed by atoms with Crippen molar-refractivity contribution in [3.05, 3.63) is 42.2 Å². The van der Waals surface area contributed by atoms with Crippen LogP contribution in [0.1, 0.15) is 18.9 Å². The van der Waals surface area contributed by atoms with Crippen LogP contribution in [0, 0.1) is 0 Å². The SMILES string of the molecule is CC/C=C\Cc1ccncc1. The molecule has 0 fully saturated rings. The molecule has 0 spiro atoms. The number of rotatable bonds is 3. The summed E-state index contributed by atoms with van der Waals surface area (Å²) >= 11 is 0. The molecule has 0 bridgehead atoms. The molecule has 1 aromatic heterocycles. The van der Waals surface area contributed by atoms with Crippen LogP contribution >= 0.6 is 0 Å². The number of hydrogen-bond donors (Lipinski definition) is 0. The molecule has 0 aromatic carbocycles. The van der Waals surface area contributed by atoms with Crippen molar-refractivity contribution in [1.82, 2.24) is 4.98 Å². The largest absolute Gasteiger partial charge is 0.265 e. The van der Waals surface area contributed by atoms with Gasteiger partial charge in [0.1, 0.15) is 0 Å². The van der Waals surface area contributed by atoms with E-state index in [1.807, 2.05) is 24.5 Å². The first kappa shape index (κ1) is 7.99. The van der Waals surface area contributed by atoms with Gasteiger partial charge < -0.3 is 0 Å². The third-order valence-corrected chi connectivity index (χ3v) is 1.51. The highest BCUT2D eigenvalue weighted by Crippen LogP contribution is 1.98. The monoisotopic (exact) mass is 147 g/mol. The molecule has 0 aliphatic rings. The molecule has 1 rings (SSSR count). The van der Waals surface area contributed by atoms with Gasteiger partial charge in [-0.25, -0.2) is 0 Å². The molecule has 11 heavy (non-hydrogen) atoms. The van der Waals surface area contributed by atoms with Crippen LogP contribution in [0.4, 0.5) is 0 Å². The van der Waals surface area contributed by atoms with E-state index >= 15 is 0 Å². The zero-order valence-corrected chi connectivity index (χ0v) is 6.83. The summed E-state index contributed by atoms with van der Waals surface area (Å²) in [7, 11) is 0. The summed E-state index contributed by atoms with van der Waals surface area (Å²) in [5.74, 6) is 0. The summed E-state index contributed by atoms with van der Waals surface area (Å²) in [4.78, 5) is 3.95. The Morgan fingerprint density at radius 2 is 2.00 bits per heavy atom. The van der Waals surface area contributed by atoms with Gasteiger partial charge in [-0.2, -0.15) is 0 Å². The van der Waals surface area contributed by atoms with Crippen LogP contribution in [-0.4, -0.2) is 4.98 Å². The van der Waals surface area contributed by atoms with E-state index in [1.165, 1.54) is 5.56 Å². The van der Waals surface area contributed by atoms with Gasteiger partial charge in [-0.1, -0.05) is 19.1 Å². The number of aromatic nitrogens is 1. The van der Waals surface area contributed by atoms with Gasteiger partial charge >= 0.3 is 0 Å². The smallest absolute Gasteiger partial charge is 0.0270 e. The first-order chi connectivity index (χ1) is 5.43. The molecule has 0 radical (unpaired) electrons. The molecule has 1 aromatic rings. The van der Waals surface area contributed by atoms with Crippen molar-refractivity contribution in [3.63, 3.8) is 0 Å². The fraction of sp³-hybridized carbons (Fsp3) is 0.300. The minimum Gasteiger partial charge on any atom is -0.265 e. The Labute approximate surface area is 67.8 Å². The van der Waals surface area contributed by atoms with Crippen LogP contribution in [0.15, 0.2) is 36.7 Å². The van der Waals surface area contributed by atoms with E-state index in [0.29, 0.717) is 0 Å². The first-order valence-electron chi connectivity index (χ1n) is 3.97. The standard InChI is InChI=1S/C10H13N/c1-2-3-4-5-10-6-8-11-9-7-10/h3-4,6-9H,2,5H2,1H3/b4-3-. The van der Waals surface area contributed by atoms with E-state index in [1.54, 1.807) is 0 Å². The minimum absolute atomic E-state index is 1.02. The minimum atomic E-state index is 1.02. The van der Waals surface area contributed by atoms with E-state index in [2.05, 4.69) is 24.1 Å². The summed E-state index contributed by atoms with van der Waals surface area (Å²) in [5, 5.41) is 0. The molecule has 0 amide bonds. The van der Waals surface area contributed by atoms with Crippen molar-refractivity contribution in [3.8, 4) is 0 Å². The van der Waals surface area contributed by atoms with E-state index in [4.69, 9.17) is 0 Å². The molecule has 0 atom stereocenters. The summed E-state index contributed by atoms with van der Waals surface area (Å²) in [6, 6.07) is 4.08. The van der Waals surface area contributed by atoms with Crippen LogP contribution in [0.5, 0.6) is 0 Å². The number of hydrogen-bond acceptors (Lipinski definition) is 1. The van der Waals surface area contributed by atoms with E-state index in [9.17, 15) is 0 Å². The van der Waals surface area contributed by atoms with Crippen molar-refractivity contribution in [2.24, 2.45) is 0 Å². The second-order valence-corrected chi connectivity index (χ2v) is 2.44. The van der Waals surface area contributed by atoms with E-state index < -0.39 is 0 Å². The lowest BCUT2D eigenvalue weighted by atomic mass is 10.2. The fourth-order valence-corrected chi connectivity index (χ4v) is 0.905. The number of nitrogens with zero attached hydrogens (tertiary/aromatic N) is 1. The zero-order valence-electron chi connectivity index (χ0n) is 6.83. The second-order valence-electron chi connectivity index (χ2n) is 2.44. The van der Waals surface area contributed by atoms with E-state index in [0.717, 1.165) is 12.8 Å². The molecular weight excluding hydrogens is 134 g/mol. The third kappa shape index (κ3) is 2.99. The molecule has 0 N–H and O–H groups in total. The Morgan fingerprint density at radius 1 is 1.27 bits per heavy atom. The molecule has 0 aliphatic heterocycles. The summed E-state index contributed by atoms with van der Waals surface area (Å²) in [6.07, 6.45) is 10.2. The highest BCUT2D eigenvalue weighted by Gasteiger charge is 1.84. The van der Waals surface area contributed by atoms with Crippen LogP contribution in [0.3, 0.4) is 0 Å². The van der Waals surface area contributed by atoms with Crippen LogP contribution in [0.25, 0.3) is 0 Å². The molecule has 1 nitrogen and oxygen atoms in total. The molecule has 1 heteroatoms. The third-order valence-electron chi connectivity index (χ3n) is 1.51. The van der Waals surface area contributed by atoms with E-state index in [-0.39, 0.29) is 0 Å². The van der Waals surface area contributed by atoms with Crippen molar-refractivity contribution >= 4 is 0 Å². The van der Waals surface area contributed by atoms with Gasteiger partial charge in [0, 0.05) is 12.4 Å². The molecule has 0 aliphatic carbocycles. The van der Waals surface area contributed by atoms with Gasteiger partial charge in [-0.05, 0) is 30.5 Å². The van der Waals surface area contributed by atoms with Gasteiger partial charge in [0.25, 0.3) is 0 Å². The topological polar surface area (TPSA) is 12.9 Å². The van der Waals surface area contributed by atoms with Gasteiger partial charge in [0.05, 0.1) is 0 Å². The van der Waals surface area contributed by atoms with Gasteiger partial charge in [0.2, 0.25) is 0 Å². The Morgan fingerprint density at radius 3 is 2.64 bits per heavy atom. The lowest BCUT2D eigenvalue weighted by Gasteiger charge is -1.92. The molecule has 0 unspecified atom stereocenters. The summed E-state index contributed by atoms with van der Waals surface area (Å²) in [6.45, 7) is 2.14. The fourth-order valence-electron chi connectivity index (χ4n) is 0.905. The Balaban J connectivity index is 2.45. The number of allylic oxidation sites excluding steroid dienone is 2. The quantitative estimate of drug-likeness (QED) is 0.599. The number of pyridine rings is 1. The van der Waals surface area contributed by atoms with Gasteiger partial charge in [0.15, 0.2) is 0 Å². The maximum absolute atomic E-state index is 3.95. The average molecular weight is 147 g/mol. The Bertz CT molecular complexity index is 214. The zero-order chi connectivity index (χ0) is 7.94. The summed E-state index contributed by atoms with van der Waals surface area (Å²) in [5.41, 5.74) is 1.32. The lowest BCUT2D eigenvalue weighted by molar-refractivity contribution is 1.16. The van der Waals surface area contributed by atoms with Crippen LogP contribution < -0.4 is 0 Å². The van der Waals surface area contributed by atoms with Gasteiger partial charge in [-0.15, -0.1) is 0 Å². The molecule has 0 saturated heterocycles. The highest BCUT2D eigenvalue weighted by atomic mass is 14.6. The molecule has 0 saturated carbocycles. The van der Waals surface area contributed by atoms with Crippen molar-refractivity contribution < 1.29 is 0 Å². The average Bonchev–Trinajstić information content (AvgIpc) is 2.07. The molecule has 1 heterocycles. The van der Waals surface area contributed by atoms with Crippen LogP contribution in [0.2, 0.25) is 0 Å². The van der Waals surface area contributed by atoms with Crippen LogP contribution in [-0.2, 0) is 6.42 Å². The maximum atomic E-state index is 3.95. The highest BCUT2D eigenvalue weighted by molar-refractivity contribution is 5.13. The van der Waals surface area contributed by atoms with Gasteiger partial charge in [-0.3, -0.25) is 4.98 Å². The van der Waals surface area contributed by atoms with Crippen molar-refractivity contribution in [1.29, 1.82) is 0 Å². The lowest BCUT2D eigenvalue weighted by Crippen LogP contribution is -1.79. The normalized spacial score (nSPS) is 10.6. The van der Waals surface area contributed by atoms with Crippen molar-refractivity contribution in [2.45, 2.75) is 19.8 Å². The Kier molecular flexibility index (Phi) is 3.39. The molecule has 58 valence electrons.